The molecule has 2 fully saturated rings. The summed E-state index contributed by atoms with van der Waals surface area (Å²) >= 11 is 0. The van der Waals surface area contributed by atoms with E-state index >= 15 is 0 Å². The van der Waals surface area contributed by atoms with Crippen LogP contribution in [0.15, 0.2) is 17.1 Å². The molecule has 2 saturated heterocycles. The van der Waals surface area contributed by atoms with E-state index in [1.165, 1.54) is 4.57 Å². The second kappa shape index (κ2) is 7.61. The summed E-state index contributed by atoms with van der Waals surface area (Å²) < 4.78 is 19.9. The number of hydrogen-bond donors (Lipinski definition) is 2. The van der Waals surface area contributed by atoms with Crippen LogP contribution >= 0.6 is 0 Å². The minimum absolute atomic E-state index is 0.0359. The third kappa shape index (κ3) is 3.77. The number of nitrogens with one attached hydrogen (secondary N) is 1. The van der Waals surface area contributed by atoms with E-state index in [0.29, 0.717) is 19.6 Å². The number of aromatic nitrogens is 2. The van der Waals surface area contributed by atoms with Crippen molar-refractivity contribution in [2.75, 3.05) is 18.9 Å². The normalized spacial score (nSPS) is 31.5. The fraction of sp³-hybridized carbons (Fsp3) is 0.765. The van der Waals surface area contributed by atoms with Gasteiger partial charge in [-0.3, -0.25) is 9.40 Å². The van der Waals surface area contributed by atoms with Gasteiger partial charge < -0.3 is 19.9 Å². The zero-order valence-electron chi connectivity index (χ0n) is 15.7. The largest absolute Gasteiger partial charge is 0.383 e. The average molecular weight is 368 g/mol. The highest BCUT2D eigenvalue weighted by Gasteiger charge is 2.59. The van der Waals surface area contributed by atoms with E-state index in [-0.39, 0.29) is 18.0 Å². The van der Waals surface area contributed by atoms with Gasteiger partial charge in [-0.1, -0.05) is 0 Å². The van der Waals surface area contributed by atoms with Crippen LogP contribution in [0.5, 0.6) is 0 Å². The van der Waals surface area contributed by atoms with Gasteiger partial charge in [0, 0.05) is 12.7 Å². The Hall–Kier alpha value is -1.52. The summed E-state index contributed by atoms with van der Waals surface area (Å²) in [5.74, 6) is 0.163. The number of nitrogens with two attached hydrogens (primary N) is 1. The maximum Gasteiger partial charge on any atom is 0.351 e. The first kappa shape index (κ1) is 19.2. The molecule has 1 aromatic rings. The molecule has 26 heavy (non-hydrogen) atoms. The number of hydroxylamine groups is 1. The van der Waals surface area contributed by atoms with E-state index in [4.69, 9.17) is 24.8 Å². The Bertz CT molecular complexity index is 679. The Kier molecular flexibility index (Phi) is 5.64. The van der Waals surface area contributed by atoms with Crippen LogP contribution in [0.25, 0.3) is 0 Å². The van der Waals surface area contributed by atoms with Crippen LogP contribution in [-0.2, 0) is 19.0 Å². The van der Waals surface area contributed by atoms with Crippen LogP contribution in [0.2, 0.25) is 0 Å². The fourth-order valence-corrected chi connectivity index (χ4v) is 3.39. The number of anilines is 1. The first-order valence-corrected chi connectivity index (χ1v) is 9.00. The third-order valence-electron chi connectivity index (χ3n) is 4.53. The maximum atomic E-state index is 12.3. The van der Waals surface area contributed by atoms with Gasteiger partial charge in [0.15, 0.2) is 12.3 Å². The van der Waals surface area contributed by atoms with E-state index in [9.17, 15) is 4.79 Å². The predicted octanol–water partition coefficient (Wildman–Crippen LogP) is 0.605. The first-order valence-electron chi connectivity index (χ1n) is 9.00. The molecule has 2 bridgehead atoms. The maximum absolute atomic E-state index is 12.3. The summed E-state index contributed by atoms with van der Waals surface area (Å²) in [6.07, 6.45) is 0.585. The molecule has 146 valence electrons. The molecular formula is C17H28N4O5. The molecule has 2 unspecified atom stereocenters. The van der Waals surface area contributed by atoms with Gasteiger partial charge in [-0.2, -0.15) is 4.98 Å². The number of hydrogen-bond acceptors (Lipinski definition) is 8. The first-order chi connectivity index (χ1) is 12.3. The Labute approximate surface area is 152 Å². The minimum Gasteiger partial charge on any atom is -0.383 e. The Morgan fingerprint density at radius 2 is 2.19 bits per heavy atom. The van der Waals surface area contributed by atoms with Crippen LogP contribution < -0.4 is 16.9 Å². The van der Waals surface area contributed by atoms with Crippen molar-refractivity contribution < 1.29 is 19.0 Å². The molecule has 3 heterocycles. The van der Waals surface area contributed by atoms with Crippen LogP contribution in [0, 0.1) is 0 Å². The molecule has 0 amide bonds. The summed E-state index contributed by atoms with van der Waals surface area (Å²) in [6.45, 7) is 8.80. The molecule has 0 spiro atoms. The zero-order chi connectivity index (χ0) is 18.9. The van der Waals surface area contributed by atoms with Gasteiger partial charge in [0.1, 0.15) is 17.5 Å². The van der Waals surface area contributed by atoms with Gasteiger partial charge in [0.05, 0.1) is 18.8 Å². The summed E-state index contributed by atoms with van der Waals surface area (Å²) in [5, 5.41) is 0. The lowest BCUT2D eigenvalue weighted by Gasteiger charge is -2.34. The van der Waals surface area contributed by atoms with Gasteiger partial charge in [-0.05, 0) is 40.2 Å². The van der Waals surface area contributed by atoms with Crippen molar-refractivity contribution in [3.8, 4) is 0 Å². The van der Waals surface area contributed by atoms with Crippen molar-refractivity contribution in [2.45, 2.75) is 70.4 Å². The molecular weight excluding hydrogens is 340 g/mol. The van der Waals surface area contributed by atoms with Crippen molar-refractivity contribution in [1.82, 2.24) is 15.0 Å². The lowest BCUT2D eigenvalue weighted by molar-refractivity contribution is -0.170. The van der Waals surface area contributed by atoms with E-state index in [0.717, 1.165) is 0 Å². The molecule has 9 nitrogen and oxygen atoms in total. The van der Waals surface area contributed by atoms with Crippen molar-refractivity contribution >= 4 is 5.82 Å². The smallest absolute Gasteiger partial charge is 0.351 e. The van der Waals surface area contributed by atoms with E-state index < -0.39 is 29.7 Å². The average Bonchev–Trinajstić information content (AvgIpc) is 2.70. The van der Waals surface area contributed by atoms with Crippen molar-refractivity contribution in [1.29, 1.82) is 0 Å². The SMILES string of the molecule is CC(C)OC[C@]12CCNOC(C1OC(C)C)[C@H](n1ccc(N)nc1=O)O2. The standard InChI is InChI=1S/C17H28N4O5/c1-10(2)23-9-17-6-7-19-26-13(14(17)24-11(3)4)15(25-17)21-8-5-12(18)20-16(21)22/h5,8,10-11,13-15,19H,6-7,9H2,1-4H3,(H2,18,20,22)/t13?,14?,15-,17-/m1/s1. The van der Waals surface area contributed by atoms with Crippen LogP contribution in [0.3, 0.4) is 0 Å². The number of rotatable bonds is 6. The number of ether oxygens (including phenoxy) is 3. The van der Waals surface area contributed by atoms with E-state index in [1.54, 1.807) is 12.3 Å². The van der Waals surface area contributed by atoms with Crippen LogP contribution in [0.1, 0.15) is 40.3 Å². The van der Waals surface area contributed by atoms with Gasteiger partial charge in [-0.25, -0.2) is 10.3 Å². The molecule has 4 atom stereocenters. The Balaban J connectivity index is 1.99. The van der Waals surface area contributed by atoms with Gasteiger partial charge >= 0.3 is 5.69 Å². The molecule has 1 aromatic heterocycles. The number of nitrogens with zero attached hydrogens (tertiary/aromatic N) is 2. The Morgan fingerprint density at radius 3 is 2.85 bits per heavy atom. The van der Waals surface area contributed by atoms with Gasteiger partial charge in [-0.15, -0.1) is 0 Å². The monoisotopic (exact) mass is 368 g/mol. The quantitative estimate of drug-likeness (QED) is 0.751. The highest BCUT2D eigenvalue weighted by molar-refractivity contribution is 5.23. The Morgan fingerprint density at radius 1 is 1.42 bits per heavy atom. The van der Waals surface area contributed by atoms with Crippen LogP contribution in [0.4, 0.5) is 5.82 Å². The van der Waals surface area contributed by atoms with Crippen molar-refractivity contribution in [3.05, 3.63) is 22.7 Å². The second-order valence-electron chi connectivity index (χ2n) is 7.31. The topological polar surface area (TPSA) is 110 Å². The number of fused-ring (bicyclic) bond motifs is 2. The molecule has 0 saturated carbocycles. The van der Waals surface area contributed by atoms with Crippen molar-refractivity contribution in [2.24, 2.45) is 0 Å². The van der Waals surface area contributed by atoms with Crippen LogP contribution in [-0.4, -0.2) is 52.7 Å². The summed E-state index contributed by atoms with van der Waals surface area (Å²) in [4.78, 5) is 22.0. The summed E-state index contributed by atoms with van der Waals surface area (Å²) in [5.41, 5.74) is 7.33. The molecule has 3 rings (SSSR count). The fourth-order valence-electron chi connectivity index (χ4n) is 3.39. The molecule has 3 N–H and O–H groups in total. The minimum atomic E-state index is -0.728. The predicted molar refractivity (Wildman–Crippen MR) is 94.4 cm³/mol. The lowest BCUT2D eigenvalue weighted by Crippen LogP contribution is -2.49. The highest BCUT2D eigenvalue weighted by Crippen LogP contribution is 2.44. The highest BCUT2D eigenvalue weighted by atomic mass is 16.7. The number of nitrogen functional groups attached to an aromatic ring is 1. The third-order valence-corrected chi connectivity index (χ3v) is 4.53. The van der Waals surface area contributed by atoms with Crippen molar-refractivity contribution in [3.63, 3.8) is 0 Å². The molecule has 9 heteroatoms. The molecule has 2 aliphatic heterocycles. The molecule has 0 radical (unpaired) electrons. The van der Waals surface area contributed by atoms with Gasteiger partial charge in [0.25, 0.3) is 0 Å². The molecule has 2 aliphatic rings. The van der Waals surface area contributed by atoms with E-state index in [2.05, 4.69) is 10.5 Å². The van der Waals surface area contributed by atoms with E-state index in [1.807, 2.05) is 27.7 Å². The summed E-state index contributed by atoms with van der Waals surface area (Å²) in [7, 11) is 0. The second-order valence-corrected chi connectivity index (χ2v) is 7.31. The lowest BCUT2D eigenvalue weighted by atomic mass is 9.92. The zero-order valence-corrected chi connectivity index (χ0v) is 15.7. The summed E-state index contributed by atoms with van der Waals surface area (Å²) in [6, 6.07) is 1.56. The molecule has 0 aliphatic carbocycles. The molecule has 0 aromatic carbocycles. The van der Waals surface area contributed by atoms with Gasteiger partial charge in [0.2, 0.25) is 0 Å².